The lowest BCUT2D eigenvalue weighted by Crippen LogP contribution is -2.40. The topological polar surface area (TPSA) is 119 Å². The quantitative estimate of drug-likeness (QED) is 0.656. The highest BCUT2D eigenvalue weighted by Crippen LogP contribution is 2.11. The maximum absolute atomic E-state index is 11.3. The van der Waals surface area contributed by atoms with Gasteiger partial charge in [-0.15, -0.1) is 0 Å². The van der Waals surface area contributed by atoms with E-state index in [0.29, 0.717) is 11.3 Å². The molecule has 2 amide bonds. The first kappa shape index (κ1) is 14.5. The number of amides is 2. The Morgan fingerprint density at radius 1 is 1.32 bits per heavy atom. The molecule has 1 aromatic rings. The van der Waals surface area contributed by atoms with Crippen LogP contribution in [-0.2, 0) is 9.59 Å². The van der Waals surface area contributed by atoms with E-state index in [9.17, 15) is 14.4 Å². The summed E-state index contributed by atoms with van der Waals surface area (Å²) in [5, 5.41) is 10.8. The second-order valence-corrected chi connectivity index (χ2v) is 3.80. The van der Waals surface area contributed by atoms with E-state index >= 15 is 0 Å². The van der Waals surface area contributed by atoms with Crippen LogP contribution < -0.4 is 15.8 Å². The van der Waals surface area contributed by atoms with Crippen LogP contribution in [0.5, 0.6) is 5.75 Å². The summed E-state index contributed by atoms with van der Waals surface area (Å²) < 4.78 is 5.13. The van der Waals surface area contributed by atoms with Crippen LogP contribution in [0.25, 0.3) is 0 Å². The third-order valence-corrected chi connectivity index (χ3v) is 2.26. The minimum absolute atomic E-state index is 0.312. The van der Waals surface area contributed by atoms with Crippen LogP contribution in [0.3, 0.4) is 0 Å². The summed E-state index contributed by atoms with van der Waals surface area (Å²) in [6, 6.07) is 4.95. The lowest BCUT2D eigenvalue weighted by atomic mass is 10.2. The van der Waals surface area contributed by atoms with Crippen LogP contribution in [0.2, 0.25) is 0 Å². The number of aliphatic carboxylic acids is 1. The number of carboxylic acid groups (broad SMARTS) is 1. The van der Waals surface area contributed by atoms with Gasteiger partial charge in [-0.2, -0.15) is 0 Å². The summed E-state index contributed by atoms with van der Waals surface area (Å²) in [7, 11) is 0. The molecule has 0 bridgehead atoms. The Labute approximate surface area is 109 Å². The predicted octanol–water partition coefficient (Wildman–Crippen LogP) is -0.246. The van der Waals surface area contributed by atoms with Gasteiger partial charge in [0, 0.05) is 5.56 Å². The number of nitrogens with one attached hydrogen (secondary N) is 1. The molecule has 0 aliphatic carbocycles. The Bertz CT molecular complexity index is 483. The van der Waals surface area contributed by atoms with E-state index < -0.39 is 23.8 Å². The largest absolute Gasteiger partial charge is 0.484 e. The van der Waals surface area contributed by atoms with Gasteiger partial charge in [0.2, 0.25) is 5.91 Å². The van der Waals surface area contributed by atoms with E-state index in [1.54, 1.807) is 0 Å². The summed E-state index contributed by atoms with van der Waals surface area (Å²) in [5.41, 5.74) is 5.40. The fraction of sp³-hybridized carbons (Fsp3) is 0.250. The molecule has 1 aromatic carbocycles. The SMILES string of the molecule is CC(NC(=O)COc1ccc(C(N)=O)cc1)C(=O)O. The van der Waals surface area contributed by atoms with E-state index in [-0.39, 0.29) is 6.61 Å². The molecule has 0 spiro atoms. The molecule has 0 aromatic heterocycles. The van der Waals surface area contributed by atoms with Crippen molar-refractivity contribution >= 4 is 17.8 Å². The minimum Gasteiger partial charge on any atom is -0.484 e. The van der Waals surface area contributed by atoms with Gasteiger partial charge in [0.15, 0.2) is 6.61 Å². The highest BCUT2D eigenvalue weighted by molar-refractivity contribution is 5.92. The van der Waals surface area contributed by atoms with Crippen molar-refractivity contribution in [2.24, 2.45) is 5.73 Å². The van der Waals surface area contributed by atoms with Crippen molar-refractivity contribution < 1.29 is 24.2 Å². The van der Waals surface area contributed by atoms with E-state index in [0.717, 1.165) is 0 Å². The van der Waals surface area contributed by atoms with Crippen LogP contribution in [0, 0.1) is 0 Å². The molecule has 0 fully saturated rings. The molecule has 0 aliphatic rings. The summed E-state index contributed by atoms with van der Waals surface area (Å²) >= 11 is 0. The molecule has 0 saturated carbocycles. The highest BCUT2D eigenvalue weighted by atomic mass is 16.5. The van der Waals surface area contributed by atoms with Crippen LogP contribution in [0.4, 0.5) is 0 Å². The highest BCUT2D eigenvalue weighted by Gasteiger charge is 2.14. The monoisotopic (exact) mass is 266 g/mol. The second kappa shape index (κ2) is 6.39. The van der Waals surface area contributed by atoms with Crippen molar-refractivity contribution in [1.82, 2.24) is 5.32 Å². The summed E-state index contributed by atoms with van der Waals surface area (Å²) in [5.74, 6) is -1.85. The first-order valence-electron chi connectivity index (χ1n) is 5.45. The summed E-state index contributed by atoms with van der Waals surface area (Å²) in [6.07, 6.45) is 0. The molecule has 0 saturated heterocycles. The zero-order valence-electron chi connectivity index (χ0n) is 10.3. The second-order valence-electron chi connectivity index (χ2n) is 3.80. The van der Waals surface area contributed by atoms with Crippen LogP contribution in [0.1, 0.15) is 17.3 Å². The van der Waals surface area contributed by atoms with Gasteiger partial charge in [0.05, 0.1) is 0 Å². The molecule has 0 aliphatic heterocycles. The van der Waals surface area contributed by atoms with Gasteiger partial charge in [-0.25, -0.2) is 0 Å². The first-order chi connectivity index (χ1) is 8.90. The number of carbonyl (C=O) groups is 3. The first-order valence-corrected chi connectivity index (χ1v) is 5.45. The lowest BCUT2D eigenvalue weighted by Gasteiger charge is -2.10. The predicted molar refractivity (Wildman–Crippen MR) is 65.7 cm³/mol. The smallest absolute Gasteiger partial charge is 0.325 e. The summed E-state index contributed by atoms with van der Waals surface area (Å²) in [4.78, 5) is 32.7. The molecule has 7 nitrogen and oxygen atoms in total. The third-order valence-electron chi connectivity index (χ3n) is 2.26. The maximum Gasteiger partial charge on any atom is 0.325 e. The Morgan fingerprint density at radius 2 is 1.89 bits per heavy atom. The standard InChI is InChI=1S/C12H14N2O5/c1-7(12(17)18)14-10(15)6-19-9-4-2-8(3-5-9)11(13)16/h2-5,7H,6H2,1H3,(H2,13,16)(H,14,15)(H,17,18). The van der Waals surface area contributed by atoms with Crippen molar-refractivity contribution in [2.75, 3.05) is 6.61 Å². The number of ether oxygens (including phenoxy) is 1. The van der Waals surface area contributed by atoms with Crippen LogP contribution in [0.15, 0.2) is 24.3 Å². The Kier molecular flexibility index (Phi) is 4.87. The summed E-state index contributed by atoms with van der Waals surface area (Å²) in [6.45, 7) is 1.04. The van der Waals surface area contributed by atoms with Crippen molar-refractivity contribution in [3.63, 3.8) is 0 Å². The minimum atomic E-state index is -1.13. The number of nitrogens with two attached hydrogens (primary N) is 1. The molecule has 19 heavy (non-hydrogen) atoms. The molecule has 7 heteroatoms. The van der Waals surface area contributed by atoms with Gasteiger partial charge in [0.1, 0.15) is 11.8 Å². The van der Waals surface area contributed by atoms with Crippen LogP contribution in [-0.4, -0.2) is 35.5 Å². The number of hydrogen-bond donors (Lipinski definition) is 3. The fourth-order valence-electron chi connectivity index (χ4n) is 1.21. The normalized spacial score (nSPS) is 11.4. The average molecular weight is 266 g/mol. The molecule has 102 valence electrons. The van der Waals surface area contributed by atoms with Crippen molar-refractivity contribution in [2.45, 2.75) is 13.0 Å². The van der Waals surface area contributed by atoms with Gasteiger partial charge < -0.3 is 20.9 Å². The van der Waals surface area contributed by atoms with E-state index in [1.807, 2.05) is 0 Å². The zero-order valence-corrected chi connectivity index (χ0v) is 10.3. The van der Waals surface area contributed by atoms with Gasteiger partial charge in [-0.3, -0.25) is 14.4 Å². The van der Waals surface area contributed by atoms with Crippen molar-refractivity contribution in [3.8, 4) is 5.75 Å². The maximum atomic E-state index is 11.3. The number of rotatable bonds is 6. The molecule has 1 unspecified atom stereocenters. The van der Waals surface area contributed by atoms with E-state index in [1.165, 1.54) is 31.2 Å². The number of primary amides is 1. The molecule has 1 rings (SSSR count). The van der Waals surface area contributed by atoms with Gasteiger partial charge >= 0.3 is 5.97 Å². The van der Waals surface area contributed by atoms with E-state index in [4.69, 9.17) is 15.6 Å². The average Bonchev–Trinajstić information content (AvgIpc) is 2.36. The van der Waals surface area contributed by atoms with Gasteiger partial charge in [-0.1, -0.05) is 0 Å². The number of hydrogen-bond acceptors (Lipinski definition) is 4. The zero-order chi connectivity index (χ0) is 14.4. The van der Waals surface area contributed by atoms with E-state index in [2.05, 4.69) is 5.32 Å². The molecule has 1 atom stereocenters. The van der Waals surface area contributed by atoms with Gasteiger partial charge in [-0.05, 0) is 31.2 Å². The van der Waals surface area contributed by atoms with Crippen molar-refractivity contribution in [1.29, 1.82) is 0 Å². The Balaban J connectivity index is 2.46. The fourth-order valence-corrected chi connectivity index (χ4v) is 1.21. The number of carbonyl (C=O) groups excluding carboxylic acids is 2. The third kappa shape index (κ3) is 4.66. The molecule has 4 N–H and O–H groups in total. The Morgan fingerprint density at radius 3 is 2.37 bits per heavy atom. The molecular formula is C12H14N2O5. The Hall–Kier alpha value is -2.57. The molecule has 0 heterocycles. The number of carboxylic acids is 1. The number of benzene rings is 1. The molecule has 0 radical (unpaired) electrons. The van der Waals surface area contributed by atoms with Crippen molar-refractivity contribution in [3.05, 3.63) is 29.8 Å². The van der Waals surface area contributed by atoms with Crippen LogP contribution >= 0.6 is 0 Å². The molecular weight excluding hydrogens is 252 g/mol. The van der Waals surface area contributed by atoms with Gasteiger partial charge in [0.25, 0.3) is 5.91 Å². The lowest BCUT2D eigenvalue weighted by molar-refractivity contribution is -0.141.